The zero-order chi connectivity index (χ0) is 21.1. The van der Waals surface area contributed by atoms with Crippen LogP contribution in [0, 0.1) is 6.92 Å². The van der Waals surface area contributed by atoms with Gasteiger partial charge >= 0.3 is 0 Å². The molecule has 0 fully saturated rings. The van der Waals surface area contributed by atoms with E-state index < -0.39 is 0 Å². The monoisotopic (exact) mass is 418 g/mol. The summed E-state index contributed by atoms with van der Waals surface area (Å²) in [6.45, 7) is 4.12. The van der Waals surface area contributed by atoms with Gasteiger partial charge in [0.05, 0.1) is 11.4 Å². The van der Waals surface area contributed by atoms with Crippen LogP contribution in [0.5, 0.6) is 11.6 Å². The zero-order valence-corrected chi connectivity index (χ0v) is 17.9. The SMILES string of the molecule is CCc1nc2ccc(NC(=O)c3ccc(Oc4cc(SC)ccn4)cc3)cn2c1C. The van der Waals surface area contributed by atoms with Crippen molar-refractivity contribution in [3.05, 3.63) is 77.9 Å². The van der Waals surface area contributed by atoms with Crippen molar-refractivity contribution in [3.63, 3.8) is 0 Å². The van der Waals surface area contributed by atoms with Crippen molar-refractivity contribution in [2.24, 2.45) is 0 Å². The number of ether oxygens (including phenoxy) is 1. The quantitative estimate of drug-likeness (QED) is 0.427. The number of carbonyl (C=O) groups excluding carboxylic acids is 1. The molecule has 1 amide bonds. The second-order valence-corrected chi connectivity index (χ2v) is 7.64. The van der Waals surface area contributed by atoms with Gasteiger partial charge in [0.15, 0.2) is 0 Å². The summed E-state index contributed by atoms with van der Waals surface area (Å²) in [5.41, 5.74) is 4.29. The Bertz CT molecular complexity index is 1200. The van der Waals surface area contributed by atoms with Crippen LogP contribution in [0.3, 0.4) is 0 Å². The Balaban J connectivity index is 1.47. The minimum atomic E-state index is -0.183. The molecule has 3 aromatic heterocycles. The lowest BCUT2D eigenvalue weighted by atomic mass is 10.2. The van der Waals surface area contributed by atoms with E-state index >= 15 is 0 Å². The third-order valence-electron chi connectivity index (χ3n) is 4.83. The molecule has 0 unspecified atom stereocenters. The fourth-order valence-corrected chi connectivity index (χ4v) is 3.61. The highest BCUT2D eigenvalue weighted by atomic mass is 32.2. The van der Waals surface area contributed by atoms with Crippen molar-refractivity contribution in [1.29, 1.82) is 0 Å². The average molecular weight is 419 g/mol. The first kappa shape index (κ1) is 20.0. The van der Waals surface area contributed by atoms with Crippen molar-refractivity contribution in [2.75, 3.05) is 11.6 Å². The van der Waals surface area contributed by atoms with Crippen LogP contribution < -0.4 is 10.1 Å². The first-order valence-electron chi connectivity index (χ1n) is 9.64. The van der Waals surface area contributed by atoms with Crippen LogP contribution in [0.4, 0.5) is 5.69 Å². The molecule has 0 bridgehead atoms. The number of benzene rings is 1. The lowest BCUT2D eigenvalue weighted by Gasteiger charge is -2.08. The molecule has 0 aliphatic rings. The summed E-state index contributed by atoms with van der Waals surface area (Å²) in [5.74, 6) is 0.964. The topological polar surface area (TPSA) is 68.5 Å². The van der Waals surface area contributed by atoms with Gasteiger partial charge in [-0.25, -0.2) is 9.97 Å². The molecule has 152 valence electrons. The highest BCUT2D eigenvalue weighted by Gasteiger charge is 2.10. The largest absolute Gasteiger partial charge is 0.439 e. The smallest absolute Gasteiger partial charge is 0.255 e. The number of amides is 1. The van der Waals surface area contributed by atoms with E-state index in [0.29, 0.717) is 22.9 Å². The number of aromatic nitrogens is 3. The number of rotatable bonds is 6. The van der Waals surface area contributed by atoms with E-state index in [1.54, 1.807) is 42.2 Å². The average Bonchev–Trinajstić information content (AvgIpc) is 3.09. The third-order valence-corrected chi connectivity index (χ3v) is 5.55. The van der Waals surface area contributed by atoms with E-state index in [1.807, 2.05) is 48.0 Å². The van der Waals surface area contributed by atoms with Gasteiger partial charge in [-0.05, 0) is 62.1 Å². The molecule has 30 heavy (non-hydrogen) atoms. The Hall–Kier alpha value is -3.32. The summed E-state index contributed by atoms with van der Waals surface area (Å²) in [6, 6.07) is 14.6. The van der Waals surface area contributed by atoms with Crippen LogP contribution in [-0.2, 0) is 6.42 Å². The molecule has 4 rings (SSSR count). The first-order chi connectivity index (χ1) is 14.6. The van der Waals surface area contributed by atoms with Gasteiger partial charge in [0.2, 0.25) is 5.88 Å². The van der Waals surface area contributed by atoms with Gasteiger partial charge in [-0.2, -0.15) is 0 Å². The number of imidazole rings is 1. The van der Waals surface area contributed by atoms with E-state index in [1.165, 1.54) is 0 Å². The lowest BCUT2D eigenvalue weighted by molar-refractivity contribution is 0.102. The van der Waals surface area contributed by atoms with Gasteiger partial charge in [0, 0.05) is 34.6 Å². The van der Waals surface area contributed by atoms with Crippen molar-refractivity contribution >= 4 is 29.0 Å². The van der Waals surface area contributed by atoms with Crippen LogP contribution in [0.15, 0.2) is 65.8 Å². The normalized spacial score (nSPS) is 10.9. The number of carbonyl (C=O) groups is 1. The van der Waals surface area contributed by atoms with Crippen molar-refractivity contribution in [2.45, 2.75) is 25.2 Å². The van der Waals surface area contributed by atoms with Gasteiger partial charge in [0.1, 0.15) is 11.4 Å². The summed E-state index contributed by atoms with van der Waals surface area (Å²) < 4.78 is 7.78. The van der Waals surface area contributed by atoms with Gasteiger partial charge in [0.25, 0.3) is 5.91 Å². The van der Waals surface area contributed by atoms with Crippen molar-refractivity contribution in [1.82, 2.24) is 14.4 Å². The Morgan fingerprint density at radius 1 is 1.17 bits per heavy atom. The molecule has 0 aliphatic heterocycles. The number of aryl methyl sites for hydroxylation is 2. The second-order valence-electron chi connectivity index (χ2n) is 6.76. The summed E-state index contributed by atoms with van der Waals surface area (Å²) in [4.78, 5) is 22.5. The summed E-state index contributed by atoms with van der Waals surface area (Å²) in [6.07, 6.45) is 6.49. The molecule has 1 aromatic carbocycles. The molecule has 0 saturated heterocycles. The van der Waals surface area contributed by atoms with Crippen LogP contribution in [0.25, 0.3) is 5.65 Å². The van der Waals surface area contributed by atoms with Crippen LogP contribution >= 0.6 is 11.8 Å². The number of fused-ring (bicyclic) bond motifs is 1. The molecule has 7 heteroatoms. The first-order valence-corrected chi connectivity index (χ1v) is 10.9. The molecule has 1 N–H and O–H groups in total. The predicted octanol–water partition coefficient (Wildman–Crippen LogP) is 5.37. The molecule has 6 nitrogen and oxygen atoms in total. The fourth-order valence-electron chi connectivity index (χ4n) is 3.19. The molecular weight excluding hydrogens is 396 g/mol. The highest BCUT2D eigenvalue weighted by Crippen LogP contribution is 2.24. The molecular formula is C23H22N4O2S. The molecule has 3 heterocycles. The number of anilines is 1. The highest BCUT2D eigenvalue weighted by molar-refractivity contribution is 7.98. The molecule has 0 aliphatic carbocycles. The van der Waals surface area contributed by atoms with E-state index in [2.05, 4.69) is 22.2 Å². The van der Waals surface area contributed by atoms with E-state index in [4.69, 9.17) is 4.74 Å². The summed E-state index contributed by atoms with van der Waals surface area (Å²) in [7, 11) is 0. The molecule has 0 spiro atoms. The number of pyridine rings is 2. The maximum absolute atomic E-state index is 12.7. The Kier molecular flexibility index (Phi) is 5.72. The minimum absolute atomic E-state index is 0.183. The Labute approximate surface area is 179 Å². The second kappa shape index (κ2) is 8.59. The number of hydrogen-bond acceptors (Lipinski definition) is 5. The maximum Gasteiger partial charge on any atom is 0.255 e. The summed E-state index contributed by atoms with van der Waals surface area (Å²) >= 11 is 1.63. The standard InChI is InChI=1S/C23H22N4O2S/c1-4-20-15(2)27-14-17(7-10-21(27)26-20)25-23(28)16-5-8-18(9-6-16)29-22-13-19(30-3)11-12-24-22/h5-14H,4H2,1-3H3,(H,25,28). The number of nitrogens with one attached hydrogen (secondary N) is 1. The Morgan fingerprint density at radius 3 is 2.70 bits per heavy atom. The Morgan fingerprint density at radius 2 is 1.97 bits per heavy atom. The fraction of sp³-hybridized carbons (Fsp3) is 0.174. The zero-order valence-electron chi connectivity index (χ0n) is 17.0. The van der Waals surface area contributed by atoms with Gasteiger partial charge < -0.3 is 14.5 Å². The van der Waals surface area contributed by atoms with Gasteiger partial charge in [-0.3, -0.25) is 4.79 Å². The molecule has 0 atom stereocenters. The van der Waals surface area contributed by atoms with Crippen molar-refractivity contribution in [3.8, 4) is 11.6 Å². The number of thioether (sulfide) groups is 1. The molecule has 0 saturated carbocycles. The maximum atomic E-state index is 12.7. The van der Waals surface area contributed by atoms with Crippen LogP contribution in [0.2, 0.25) is 0 Å². The predicted molar refractivity (Wildman–Crippen MR) is 120 cm³/mol. The molecule has 0 radical (unpaired) electrons. The number of nitrogens with zero attached hydrogens (tertiary/aromatic N) is 3. The molecule has 4 aromatic rings. The number of hydrogen-bond donors (Lipinski definition) is 1. The van der Waals surface area contributed by atoms with Crippen LogP contribution in [0.1, 0.15) is 28.7 Å². The van der Waals surface area contributed by atoms with Gasteiger partial charge in [-0.15, -0.1) is 11.8 Å². The lowest BCUT2D eigenvalue weighted by Crippen LogP contribution is -2.12. The third kappa shape index (κ3) is 4.16. The van der Waals surface area contributed by atoms with Crippen molar-refractivity contribution < 1.29 is 9.53 Å². The van der Waals surface area contributed by atoms with E-state index in [9.17, 15) is 4.79 Å². The minimum Gasteiger partial charge on any atom is -0.439 e. The van der Waals surface area contributed by atoms with Crippen LogP contribution in [-0.4, -0.2) is 26.5 Å². The van der Waals surface area contributed by atoms with E-state index in [-0.39, 0.29) is 5.91 Å². The van der Waals surface area contributed by atoms with E-state index in [0.717, 1.165) is 28.4 Å². The summed E-state index contributed by atoms with van der Waals surface area (Å²) in [5, 5.41) is 2.95. The van der Waals surface area contributed by atoms with Gasteiger partial charge in [-0.1, -0.05) is 6.92 Å².